The SMILES string of the molecule is [CH2][N+](C)(C)CCC=C. The van der Waals surface area contributed by atoms with Crippen molar-refractivity contribution in [2.45, 2.75) is 6.42 Å². The fraction of sp³-hybridized carbons (Fsp3) is 0.571. The minimum Gasteiger partial charge on any atom is -0.324 e. The van der Waals surface area contributed by atoms with Gasteiger partial charge >= 0.3 is 0 Å². The van der Waals surface area contributed by atoms with Crippen LogP contribution in [0.1, 0.15) is 6.42 Å². The molecule has 0 aromatic rings. The molecule has 1 heteroatoms. The van der Waals surface area contributed by atoms with E-state index in [2.05, 4.69) is 27.7 Å². The second kappa shape index (κ2) is 2.88. The summed E-state index contributed by atoms with van der Waals surface area (Å²) in [5.74, 6) is 0. The molecule has 8 heavy (non-hydrogen) atoms. The third kappa shape index (κ3) is 5.70. The highest BCUT2D eigenvalue weighted by Gasteiger charge is 2.02. The first-order valence-electron chi connectivity index (χ1n) is 2.84. The van der Waals surface area contributed by atoms with Crippen LogP contribution in [0.4, 0.5) is 0 Å². The van der Waals surface area contributed by atoms with Crippen molar-refractivity contribution >= 4 is 0 Å². The lowest BCUT2D eigenvalue weighted by atomic mass is 10.4. The highest BCUT2D eigenvalue weighted by atomic mass is 15.3. The van der Waals surface area contributed by atoms with E-state index in [1.165, 1.54) is 0 Å². The van der Waals surface area contributed by atoms with Gasteiger partial charge in [-0.15, -0.1) is 6.58 Å². The van der Waals surface area contributed by atoms with E-state index in [1.807, 2.05) is 6.08 Å². The molecular formula is C7H15N+. The lowest BCUT2D eigenvalue weighted by Crippen LogP contribution is -2.32. The topological polar surface area (TPSA) is 0 Å². The van der Waals surface area contributed by atoms with Gasteiger partial charge < -0.3 is 4.48 Å². The largest absolute Gasteiger partial charge is 0.324 e. The van der Waals surface area contributed by atoms with Crippen LogP contribution in [0.2, 0.25) is 0 Å². The first-order valence-corrected chi connectivity index (χ1v) is 2.84. The molecule has 0 rings (SSSR count). The Morgan fingerprint density at radius 2 is 2.00 bits per heavy atom. The highest BCUT2D eigenvalue weighted by Crippen LogP contribution is 1.94. The van der Waals surface area contributed by atoms with Gasteiger partial charge in [-0.1, -0.05) is 6.08 Å². The maximum atomic E-state index is 3.90. The summed E-state index contributed by atoms with van der Waals surface area (Å²) in [6.07, 6.45) is 2.97. The Morgan fingerprint density at radius 3 is 2.12 bits per heavy atom. The summed E-state index contributed by atoms with van der Waals surface area (Å²) in [4.78, 5) is 0. The fourth-order valence-electron chi connectivity index (χ4n) is 0.441. The van der Waals surface area contributed by atoms with Crippen molar-refractivity contribution in [1.82, 2.24) is 0 Å². The molecule has 0 saturated carbocycles. The minimum atomic E-state index is 0.784. The summed E-state index contributed by atoms with van der Waals surface area (Å²) in [6.45, 7) is 4.70. The van der Waals surface area contributed by atoms with Gasteiger partial charge in [-0.25, -0.2) is 0 Å². The molecule has 0 amide bonds. The van der Waals surface area contributed by atoms with Crippen LogP contribution in [0, 0.1) is 7.05 Å². The lowest BCUT2D eigenvalue weighted by molar-refractivity contribution is -0.844. The highest BCUT2D eigenvalue weighted by molar-refractivity contribution is 4.64. The summed E-state index contributed by atoms with van der Waals surface area (Å²) in [7, 11) is 8.04. The summed E-state index contributed by atoms with van der Waals surface area (Å²) in [5, 5.41) is 0. The normalized spacial score (nSPS) is 11.4. The number of hydrogen-bond acceptors (Lipinski definition) is 0. The molecule has 0 heterocycles. The number of rotatable bonds is 3. The predicted molar refractivity (Wildman–Crippen MR) is 37.1 cm³/mol. The van der Waals surface area contributed by atoms with E-state index >= 15 is 0 Å². The molecular weight excluding hydrogens is 98.1 g/mol. The van der Waals surface area contributed by atoms with E-state index in [0.29, 0.717) is 0 Å². The zero-order chi connectivity index (χ0) is 6.62. The molecule has 0 aromatic heterocycles. The van der Waals surface area contributed by atoms with Crippen LogP contribution in [0.25, 0.3) is 0 Å². The van der Waals surface area contributed by atoms with Crippen molar-refractivity contribution in [3.05, 3.63) is 19.7 Å². The average molecular weight is 113 g/mol. The van der Waals surface area contributed by atoms with Gasteiger partial charge in [-0.3, -0.25) is 0 Å². The van der Waals surface area contributed by atoms with Crippen LogP contribution in [0.3, 0.4) is 0 Å². The van der Waals surface area contributed by atoms with E-state index in [4.69, 9.17) is 0 Å². The van der Waals surface area contributed by atoms with Crippen LogP contribution < -0.4 is 0 Å². The number of quaternary nitrogens is 1. The van der Waals surface area contributed by atoms with Crippen LogP contribution in [0.5, 0.6) is 0 Å². The van der Waals surface area contributed by atoms with E-state index in [1.54, 1.807) is 0 Å². The molecule has 0 N–H and O–H groups in total. The van der Waals surface area contributed by atoms with E-state index in [0.717, 1.165) is 17.4 Å². The van der Waals surface area contributed by atoms with Crippen molar-refractivity contribution in [1.29, 1.82) is 0 Å². The Morgan fingerprint density at radius 1 is 1.50 bits per heavy atom. The lowest BCUT2D eigenvalue weighted by Gasteiger charge is -2.21. The molecule has 0 spiro atoms. The second-order valence-electron chi connectivity index (χ2n) is 2.74. The van der Waals surface area contributed by atoms with Gasteiger partial charge in [0.15, 0.2) is 0 Å². The van der Waals surface area contributed by atoms with E-state index in [9.17, 15) is 0 Å². The van der Waals surface area contributed by atoms with Gasteiger partial charge in [0.2, 0.25) is 0 Å². The molecule has 0 aliphatic carbocycles. The zero-order valence-electron chi connectivity index (χ0n) is 5.85. The standard InChI is InChI=1S/C7H15N/c1-5-6-7-8(2,3)4/h5H,1-2,6-7H2,3-4H3/q+1. The molecule has 0 atom stereocenters. The smallest absolute Gasteiger partial charge is 0.128 e. The molecule has 47 valence electrons. The van der Waals surface area contributed by atoms with Crippen LogP contribution in [0.15, 0.2) is 12.7 Å². The van der Waals surface area contributed by atoms with Gasteiger partial charge in [0.05, 0.1) is 20.6 Å². The maximum Gasteiger partial charge on any atom is 0.128 e. The van der Waals surface area contributed by atoms with Gasteiger partial charge in [-0.2, -0.15) is 0 Å². The first-order chi connectivity index (χ1) is 3.56. The number of hydrogen-bond donors (Lipinski definition) is 0. The van der Waals surface area contributed by atoms with Gasteiger partial charge in [0.1, 0.15) is 7.05 Å². The van der Waals surface area contributed by atoms with Crippen molar-refractivity contribution in [2.24, 2.45) is 0 Å². The Hall–Kier alpha value is -0.300. The third-order valence-electron chi connectivity index (χ3n) is 0.939. The average Bonchev–Trinajstić information content (AvgIpc) is 1.59. The van der Waals surface area contributed by atoms with Crippen molar-refractivity contribution in [3.8, 4) is 0 Å². The molecule has 1 nitrogen and oxygen atoms in total. The minimum absolute atomic E-state index is 0.784. The van der Waals surface area contributed by atoms with Crippen LogP contribution >= 0.6 is 0 Å². The molecule has 0 aliphatic heterocycles. The van der Waals surface area contributed by atoms with Crippen molar-refractivity contribution in [3.63, 3.8) is 0 Å². The summed E-state index contributed by atoms with van der Waals surface area (Å²) in [6, 6.07) is 0. The Labute approximate surface area is 52.2 Å². The summed E-state index contributed by atoms with van der Waals surface area (Å²) < 4.78 is 0.784. The molecule has 0 saturated heterocycles. The molecule has 0 fully saturated rings. The van der Waals surface area contributed by atoms with E-state index < -0.39 is 0 Å². The fourth-order valence-corrected chi connectivity index (χ4v) is 0.441. The molecule has 0 bridgehead atoms. The summed E-state index contributed by atoms with van der Waals surface area (Å²) in [5.41, 5.74) is 0. The monoisotopic (exact) mass is 113 g/mol. The Balaban J connectivity index is 3.24. The third-order valence-corrected chi connectivity index (χ3v) is 0.939. The van der Waals surface area contributed by atoms with Crippen molar-refractivity contribution < 1.29 is 4.48 Å². The van der Waals surface area contributed by atoms with E-state index in [-0.39, 0.29) is 0 Å². The molecule has 0 unspecified atom stereocenters. The number of nitrogens with zero attached hydrogens (tertiary/aromatic N) is 1. The molecule has 1 radical (unpaired) electrons. The molecule has 0 aliphatic rings. The van der Waals surface area contributed by atoms with Gasteiger partial charge in [0.25, 0.3) is 0 Å². The Bertz CT molecular complexity index is 68.9. The second-order valence-corrected chi connectivity index (χ2v) is 2.74. The first kappa shape index (κ1) is 7.70. The molecule has 0 aromatic carbocycles. The van der Waals surface area contributed by atoms with Crippen LogP contribution in [-0.4, -0.2) is 25.1 Å². The predicted octanol–water partition coefficient (Wildman–Crippen LogP) is 1.43. The quantitative estimate of drug-likeness (QED) is 0.383. The van der Waals surface area contributed by atoms with Crippen LogP contribution in [-0.2, 0) is 0 Å². The van der Waals surface area contributed by atoms with Crippen molar-refractivity contribution in [2.75, 3.05) is 20.6 Å². The van der Waals surface area contributed by atoms with Gasteiger partial charge in [-0.05, 0) is 0 Å². The maximum absolute atomic E-state index is 3.90. The zero-order valence-corrected chi connectivity index (χ0v) is 5.85. The van der Waals surface area contributed by atoms with Gasteiger partial charge in [0, 0.05) is 6.42 Å². The summed E-state index contributed by atoms with van der Waals surface area (Å²) >= 11 is 0. The Kier molecular flexibility index (Phi) is 2.77.